The van der Waals surface area contributed by atoms with Gasteiger partial charge in [-0.1, -0.05) is 0 Å². The first-order valence-electron chi connectivity index (χ1n) is 3.54. The summed E-state index contributed by atoms with van der Waals surface area (Å²) in [7, 11) is 0. The fraction of sp³-hybridized carbons (Fsp3) is 0.286. The molecule has 0 amide bonds. The molecule has 0 fully saturated rings. The Morgan fingerprint density at radius 2 is 2.46 bits per heavy atom. The molecule has 0 bridgehead atoms. The van der Waals surface area contributed by atoms with Crippen molar-refractivity contribution in [2.75, 3.05) is 12.5 Å². The maximum absolute atomic E-state index is 10.4. The third-order valence-corrected chi connectivity index (χ3v) is 1.41. The zero-order chi connectivity index (χ0) is 9.68. The molecule has 1 heterocycles. The second-order valence-corrected chi connectivity index (χ2v) is 2.50. The molecule has 0 atom stereocenters. The van der Waals surface area contributed by atoms with Gasteiger partial charge in [0.25, 0.3) is 0 Å². The van der Waals surface area contributed by atoms with E-state index in [4.69, 9.17) is 16.3 Å². The number of pyridine rings is 1. The van der Waals surface area contributed by atoms with Crippen LogP contribution in [0.5, 0.6) is 5.75 Å². The van der Waals surface area contributed by atoms with Crippen LogP contribution in [0.3, 0.4) is 0 Å². The molecule has 1 rings (SSSR count). The van der Waals surface area contributed by atoms with Crippen molar-refractivity contribution in [3.05, 3.63) is 28.4 Å². The molecule has 0 radical (unpaired) electrons. The van der Waals surface area contributed by atoms with Gasteiger partial charge in [0.15, 0.2) is 0 Å². The molecule has 0 spiro atoms. The Kier molecular flexibility index (Phi) is 3.45. The van der Waals surface area contributed by atoms with Gasteiger partial charge < -0.3 is 14.9 Å². The van der Waals surface area contributed by atoms with Crippen LogP contribution in [0, 0.1) is 10.1 Å². The molecule has 0 saturated carbocycles. The molecular weight excluding hydrogens is 196 g/mol. The first-order chi connectivity index (χ1) is 6.25. The summed E-state index contributed by atoms with van der Waals surface area (Å²) in [6, 6.07) is 3.05. The second kappa shape index (κ2) is 4.61. The first-order valence-corrected chi connectivity index (χ1v) is 4.07. The normalized spacial score (nSPS) is 9.62. The zero-order valence-corrected chi connectivity index (χ0v) is 7.40. The highest BCUT2D eigenvalue weighted by atomic mass is 35.5. The molecule has 0 aliphatic rings. The van der Waals surface area contributed by atoms with Crippen LogP contribution in [0.2, 0.25) is 0 Å². The number of aromatic nitrogens is 1. The number of nitrogens with zero attached hydrogens (tertiary/aromatic N) is 2. The fourth-order valence-corrected chi connectivity index (χ4v) is 0.858. The van der Waals surface area contributed by atoms with Crippen LogP contribution >= 0.6 is 11.6 Å². The van der Waals surface area contributed by atoms with E-state index in [0.717, 1.165) is 0 Å². The lowest BCUT2D eigenvalue weighted by molar-refractivity contribution is -0.390. The Hall–Kier alpha value is -1.36. The van der Waals surface area contributed by atoms with Crippen LogP contribution in [-0.2, 0) is 0 Å². The highest BCUT2D eigenvalue weighted by Crippen LogP contribution is 2.22. The van der Waals surface area contributed by atoms with Gasteiger partial charge in [0, 0.05) is 0 Å². The summed E-state index contributed by atoms with van der Waals surface area (Å²) in [6.07, 6.45) is 1.34. The topological polar surface area (TPSA) is 65.3 Å². The minimum atomic E-state index is -0.594. The van der Waals surface area contributed by atoms with Crippen LogP contribution < -0.4 is 4.74 Å². The number of hydrogen-bond donors (Lipinski definition) is 0. The van der Waals surface area contributed by atoms with E-state index in [0.29, 0.717) is 0 Å². The lowest BCUT2D eigenvalue weighted by Crippen LogP contribution is -2.02. The van der Waals surface area contributed by atoms with Gasteiger partial charge in [0.2, 0.25) is 5.75 Å². The molecule has 5 nitrogen and oxygen atoms in total. The smallest absolute Gasteiger partial charge is 0.406 e. The van der Waals surface area contributed by atoms with Gasteiger partial charge in [-0.2, -0.15) is 0 Å². The molecule has 6 heteroatoms. The molecular formula is C7H7ClN2O3. The van der Waals surface area contributed by atoms with Crippen molar-refractivity contribution in [1.29, 1.82) is 0 Å². The van der Waals surface area contributed by atoms with Gasteiger partial charge in [0.05, 0.1) is 5.88 Å². The monoisotopic (exact) mass is 202 g/mol. The molecule has 13 heavy (non-hydrogen) atoms. The Morgan fingerprint density at radius 1 is 1.69 bits per heavy atom. The number of nitro groups is 1. The summed E-state index contributed by atoms with van der Waals surface area (Å²) >= 11 is 5.37. The molecule has 0 N–H and O–H groups in total. The van der Waals surface area contributed by atoms with Gasteiger partial charge in [-0.15, -0.1) is 11.6 Å². The van der Waals surface area contributed by atoms with Gasteiger partial charge in [-0.25, -0.2) is 0 Å². The molecule has 1 aromatic heterocycles. The SMILES string of the molecule is O=[N+]([O-])c1ncccc1OCCCl. The van der Waals surface area contributed by atoms with Crippen molar-refractivity contribution < 1.29 is 9.66 Å². The highest BCUT2D eigenvalue weighted by Gasteiger charge is 2.14. The highest BCUT2D eigenvalue weighted by molar-refractivity contribution is 6.18. The van der Waals surface area contributed by atoms with Gasteiger partial charge >= 0.3 is 5.82 Å². The minimum absolute atomic E-state index is 0.146. The lowest BCUT2D eigenvalue weighted by atomic mass is 10.4. The predicted molar refractivity (Wildman–Crippen MR) is 47.1 cm³/mol. The van der Waals surface area contributed by atoms with Crippen molar-refractivity contribution in [3.63, 3.8) is 0 Å². The number of alkyl halides is 1. The number of ether oxygens (including phenoxy) is 1. The summed E-state index contributed by atoms with van der Waals surface area (Å²) in [5, 5.41) is 10.4. The van der Waals surface area contributed by atoms with E-state index in [1.54, 1.807) is 6.07 Å². The first kappa shape index (κ1) is 9.73. The van der Waals surface area contributed by atoms with E-state index >= 15 is 0 Å². The van der Waals surface area contributed by atoms with Crippen LogP contribution in [-0.4, -0.2) is 22.4 Å². The van der Waals surface area contributed by atoms with E-state index in [-0.39, 0.29) is 24.1 Å². The fourth-order valence-electron chi connectivity index (χ4n) is 0.781. The summed E-state index contributed by atoms with van der Waals surface area (Å²) < 4.78 is 5.01. The number of rotatable bonds is 4. The maximum Gasteiger partial charge on any atom is 0.406 e. The summed E-state index contributed by atoms with van der Waals surface area (Å²) in [6.45, 7) is 0.230. The Bertz CT molecular complexity index is 306. The van der Waals surface area contributed by atoms with Crippen molar-refractivity contribution in [2.45, 2.75) is 0 Å². The molecule has 1 aromatic rings. The number of hydrogen-bond acceptors (Lipinski definition) is 4. The van der Waals surface area contributed by atoms with Crippen LogP contribution in [0.4, 0.5) is 5.82 Å². The maximum atomic E-state index is 10.4. The predicted octanol–water partition coefficient (Wildman–Crippen LogP) is 1.61. The zero-order valence-electron chi connectivity index (χ0n) is 6.64. The van der Waals surface area contributed by atoms with Crippen LogP contribution in [0.25, 0.3) is 0 Å². The van der Waals surface area contributed by atoms with Crippen molar-refractivity contribution in [3.8, 4) is 5.75 Å². The van der Waals surface area contributed by atoms with Crippen LogP contribution in [0.1, 0.15) is 0 Å². The third kappa shape index (κ3) is 2.55. The van der Waals surface area contributed by atoms with Gasteiger partial charge in [-0.3, -0.25) is 0 Å². The van der Waals surface area contributed by atoms with E-state index in [1.165, 1.54) is 12.3 Å². The lowest BCUT2D eigenvalue weighted by Gasteiger charge is -2.02. The summed E-state index contributed by atoms with van der Waals surface area (Å²) in [5.74, 6) is 0.146. The van der Waals surface area contributed by atoms with E-state index in [2.05, 4.69) is 4.98 Å². The molecule has 0 saturated heterocycles. The molecule has 0 unspecified atom stereocenters. The van der Waals surface area contributed by atoms with E-state index < -0.39 is 4.92 Å². The largest absolute Gasteiger partial charge is 0.484 e. The number of halogens is 1. The Labute approximate surface area is 79.5 Å². The summed E-state index contributed by atoms with van der Waals surface area (Å²) in [4.78, 5) is 13.4. The minimum Gasteiger partial charge on any atom is -0.484 e. The van der Waals surface area contributed by atoms with Gasteiger partial charge in [0.1, 0.15) is 12.8 Å². The van der Waals surface area contributed by atoms with Crippen LogP contribution in [0.15, 0.2) is 18.3 Å². The van der Waals surface area contributed by atoms with Crippen molar-refractivity contribution in [2.24, 2.45) is 0 Å². The van der Waals surface area contributed by atoms with E-state index in [1.807, 2.05) is 0 Å². The van der Waals surface area contributed by atoms with Crippen molar-refractivity contribution in [1.82, 2.24) is 4.98 Å². The van der Waals surface area contributed by atoms with E-state index in [9.17, 15) is 10.1 Å². The average molecular weight is 203 g/mol. The standard InChI is InChI=1S/C7H7ClN2O3/c8-3-5-13-6-2-1-4-9-7(6)10(11)12/h1-2,4H,3,5H2. The van der Waals surface area contributed by atoms with Crippen molar-refractivity contribution >= 4 is 17.4 Å². The quantitative estimate of drug-likeness (QED) is 0.423. The average Bonchev–Trinajstić information content (AvgIpc) is 2.15. The second-order valence-electron chi connectivity index (χ2n) is 2.12. The Balaban J connectivity index is 2.84. The molecule has 0 aliphatic carbocycles. The summed E-state index contributed by atoms with van der Waals surface area (Å²) in [5.41, 5.74) is 0. The third-order valence-electron chi connectivity index (χ3n) is 1.26. The molecule has 0 aromatic carbocycles. The molecule has 0 aliphatic heterocycles. The molecule has 70 valence electrons. The van der Waals surface area contributed by atoms with Gasteiger partial charge in [-0.05, 0) is 22.0 Å². The Morgan fingerprint density at radius 3 is 3.08 bits per heavy atom.